The highest BCUT2D eigenvalue weighted by molar-refractivity contribution is 6.33. The van der Waals surface area contributed by atoms with Crippen LogP contribution in [-0.4, -0.2) is 39.8 Å². The summed E-state index contributed by atoms with van der Waals surface area (Å²) in [6.45, 7) is 13.8. The van der Waals surface area contributed by atoms with Crippen molar-refractivity contribution in [3.05, 3.63) is 97.0 Å². The molecule has 3 aromatic rings. The summed E-state index contributed by atoms with van der Waals surface area (Å²) in [5.41, 5.74) is 7.09. The van der Waals surface area contributed by atoms with Gasteiger partial charge in [-0.1, -0.05) is 17.7 Å². The van der Waals surface area contributed by atoms with Crippen molar-refractivity contribution in [1.82, 2.24) is 4.58 Å². The van der Waals surface area contributed by atoms with Crippen LogP contribution < -0.4 is 25.2 Å². The van der Waals surface area contributed by atoms with Gasteiger partial charge in [-0.15, -0.1) is 0 Å². The van der Waals surface area contributed by atoms with E-state index in [-0.39, 0.29) is 32.8 Å². The van der Waals surface area contributed by atoms with E-state index in [2.05, 4.69) is 69.7 Å². The number of carbonyl (C=O) groups is 2. The molecule has 0 atom stereocenters. The predicted molar refractivity (Wildman–Crippen MR) is 173 cm³/mol. The van der Waals surface area contributed by atoms with E-state index in [0.29, 0.717) is 22.6 Å². The minimum absolute atomic E-state index is 0.0572. The Morgan fingerprint density at radius 1 is 0.932 bits per heavy atom. The molecule has 0 fully saturated rings. The molecule has 4 aliphatic heterocycles. The molecule has 7 rings (SSSR count). The Hall–Kier alpha value is -4.36. The van der Waals surface area contributed by atoms with Crippen LogP contribution in [0.1, 0.15) is 96.5 Å². The fourth-order valence-electron chi connectivity index (χ4n) is 7.61. The fraction of sp³-hybridized carbons (Fsp3) is 0.306. The lowest BCUT2D eigenvalue weighted by molar-refractivity contribution is 0.0695. The minimum Gasteiger partial charge on any atom is -0.478 e. The molecular weight excluding hydrogens is 576 g/mol. The molecule has 0 unspecified atom stereocenters. The van der Waals surface area contributed by atoms with Crippen molar-refractivity contribution >= 4 is 45.9 Å². The van der Waals surface area contributed by atoms with E-state index in [4.69, 9.17) is 16.3 Å². The first-order valence-electron chi connectivity index (χ1n) is 14.9. The van der Waals surface area contributed by atoms with Gasteiger partial charge in [-0.25, -0.2) is 14.2 Å². The summed E-state index contributed by atoms with van der Waals surface area (Å²) in [5.74, 6) is -1.22. The van der Waals surface area contributed by atoms with E-state index in [1.807, 2.05) is 12.1 Å². The third-order valence-corrected chi connectivity index (χ3v) is 9.56. The van der Waals surface area contributed by atoms with E-state index in [1.54, 1.807) is 0 Å². The summed E-state index contributed by atoms with van der Waals surface area (Å²) >= 11 is 6.88. The second-order valence-electron chi connectivity index (χ2n) is 13.4. The lowest BCUT2D eigenvalue weighted by Crippen LogP contribution is -2.53. The highest BCUT2D eigenvalue weighted by atomic mass is 35.5. The number of allylic oxidation sites excluding steroid dienone is 2. The van der Waals surface area contributed by atoms with Gasteiger partial charge in [0.05, 0.1) is 27.3 Å². The van der Waals surface area contributed by atoms with E-state index >= 15 is 0 Å². The Bertz CT molecular complexity index is 2080. The molecule has 0 amide bonds. The molecule has 0 aliphatic carbocycles. The van der Waals surface area contributed by atoms with Crippen LogP contribution in [0.5, 0.6) is 11.5 Å². The SMILES string of the molecule is CC1=CC(C)(C)Nc2cc3c(cc21)C(c1c(Cl)cc(C(=O)O)cc1C(=O)O)=c1cc2c4c(c1O3)CCC[N+]=4C(C)(C)C=C2C. The summed E-state index contributed by atoms with van der Waals surface area (Å²) < 4.78 is 9.30. The monoisotopic (exact) mass is 609 g/mol. The molecule has 3 N–H and O–H groups in total. The number of hydrogen-bond donors (Lipinski definition) is 3. The summed E-state index contributed by atoms with van der Waals surface area (Å²) in [4.78, 5) is 24.7. The number of carboxylic acid groups (broad SMARTS) is 2. The highest BCUT2D eigenvalue weighted by Crippen LogP contribution is 2.46. The lowest BCUT2D eigenvalue weighted by Gasteiger charge is -2.34. The first-order valence-corrected chi connectivity index (χ1v) is 15.2. The Morgan fingerprint density at radius 3 is 2.36 bits per heavy atom. The molecule has 0 spiro atoms. The Morgan fingerprint density at radius 2 is 1.66 bits per heavy atom. The number of aromatic carboxylic acids is 2. The van der Waals surface area contributed by atoms with Crippen LogP contribution in [0, 0.1) is 0 Å². The minimum atomic E-state index is -1.26. The molecule has 0 aromatic heterocycles. The first kappa shape index (κ1) is 28.4. The quantitative estimate of drug-likeness (QED) is 0.235. The number of anilines is 1. The Labute approximate surface area is 260 Å². The van der Waals surface area contributed by atoms with Crippen molar-refractivity contribution < 1.29 is 24.5 Å². The maximum absolute atomic E-state index is 12.8. The van der Waals surface area contributed by atoms with Gasteiger partial charge in [0.25, 0.3) is 0 Å². The van der Waals surface area contributed by atoms with Gasteiger partial charge in [-0.3, -0.25) is 0 Å². The zero-order valence-corrected chi connectivity index (χ0v) is 26.4. The largest absolute Gasteiger partial charge is 0.478 e. The second-order valence-corrected chi connectivity index (χ2v) is 13.8. The van der Waals surface area contributed by atoms with Gasteiger partial charge in [0, 0.05) is 65.1 Å². The normalized spacial score (nSPS) is 18.4. The summed E-state index contributed by atoms with van der Waals surface area (Å²) in [5, 5.41) is 25.7. The zero-order chi connectivity index (χ0) is 31.5. The molecule has 0 bridgehead atoms. The first-order chi connectivity index (χ1) is 20.7. The molecule has 0 saturated carbocycles. The maximum atomic E-state index is 12.8. The van der Waals surface area contributed by atoms with Gasteiger partial charge < -0.3 is 20.3 Å². The van der Waals surface area contributed by atoms with Crippen LogP contribution in [0.4, 0.5) is 5.69 Å². The Balaban J connectivity index is 1.68. The van der Waals surface area contributed by atoms with Crippen LogP contribution >= 0.6 is 11.6 Å². The van der Waals surface area contributed by atoms with E-state index in [0.717, 1.165) is 63.5 Å². The number of hydrogen-bond acceptors (Lipinski definition) is 4. The van der Waals surface area contributed by atoms with E-state index in [1.165, 1.54) is 12.1 Å². The van der Waals surface area contributed by atoms with Crippen molar-refractivity contribution in [2.45, 2.75) is 65.5 Å². The standard InChI is InChI=1S/C36H33ClN2O5/c1-17-15-35(3,4)38-27-14-28-23(12-21(17)27)29(30-25(34(42)43)10-19(33(40)41)11-26(30)37)24-13-22-18(2)16-36(5,6)39-9-7-8-20(31(22)39)32(24)44-28/h10-16H,7-9H2,1-6H3,(H2,40,41,42,43)/p+1. The van der Waals surface area contributed by atoms with Crippen molar-refractivity contribution in [2.24, 2.45) is 0 Å². The van der Waals surface area contributed by atoms with Crippen LogP contribution in [0.2, 0.25) is 5.02 Å². The van der Waals surface area contributed by atoms with E-state index in [9.17, 15) is 19.8 Å². The summed E-state index contributed by atoms with van der Waals surface area (Å²) in [6.07, 6.45) is 6.21. The van der Waals surface area contributed by atoms with Crippen molar-refractivity contribution in [3.63, 3.8) is 0 Å². The van der Waals surface area contributed by atoms with Crippen molar-refractivity contribution in [1.29, 1.82) is 0 Å². The summed E-state index contributed by atoms with van der Waals surface area (Å²) in [6, 6.07) is 8.65. The molecular formula is C36H34ClN2O5+. The van der Waals surface area contributed by atoms with E-state index < -0.39 is 11.9 Å². The number of fused-ring (bicyclic) bond motifs is 4. The zero-order valence-electron chi connectivity index (χ0n) is 25.6. The molecule has 4 heterocycles. The van der Waals surface area contributed by atoms with Crippen LogP contribution in [-0.2, 0) is 6.42 Å². The Kier molecular flexibility index (Phi) is 6.02. The van der Waals surface area contributed by atoms with Crippen molar-refractivity contribution in [2.75, 3.05) is 11.9 Å². The van der Waals surface area contributed by atoms with Crippen LogP contribution in [0.3, 0.4) is 0 Å². The fourth-order valence-corrected chi connectivity index (χ4v) is 7.92. The second kappa shape index (κ2) is 9.32. The molecule has 4 aliphatic rings. The maximum Gasteiger partial charge on any atom is 0.336 e. The molecule has 44 heavy (non-hydrogen) atoms. The van der Waals surface area contributed by atoms with Gasteiger partial charge in [0.1, 0.15) is 18.0 Å². The number of nitrogens with zero attached hydrogens (tertiary/aromatic N) is 1. The lowest BCUT2D eigenvalue weighted by atomic mass is 9.82. The molecule has 7 nitrogen and oxygen atoms in total. The third kappa shape index (κ3) is 4.13. The molecule has 8 heteroatoms. The molecule has 3 aromatic carbocycles. The van der Waals surface area contributed by atoms with Gasteiger partial charge in [-0.05, 0) is 75.6 Å². The van der Waals surface area contributed by atoms with Crippen molar-refractivity contribution in [3.8, 4) is 11.5 Å². The topological polar surface area (TPSA) is 98.9 Å². The molecule has 224 valence electrons. The number of benzene rings is 3. The van der Waals surface area contributed by atoms with Gasteiger partial charge >= 0.3 is 11.9 Å². The smallest absolute Gasteiger partial charge is 0.336 e. The average Bonchev–Trinajstić information content (AvgIpc) is 2.92. The number of rotatable bonds is 3. The van der Waals surface area contributed by atoms with Crippen LogP contribution in [0.25, 0.3) is 16.7 Å². The summed E-state index contributed by atoms with van der Waals surface area (Å²) in [7, 11) is 0. The number of carboxylic acids is 2. The number of ether oxygens (including phenoxy) is 1. The highest BCUT2D eigenvalue weighted by Gasteiger charge is 2.40. The van der Waals surface area contributed by atoms with Crippen LogP contribution in [0.15, 0.2) is 42.5 Å². The molecule has 0 saturated heterocycles. The van der Waals surface area contributed by atoms with Gasteiger partial charge in [-0.2, -0.15) is 0 Å². The van der Waals surface area contributed by atoms with Gasteiger partial charge in [0.2, 0.25) is 5.36 Å². The average molecular weight is 610 g/mol. The number of halogens is 1. The molecule has 0 radical (unpaired) electrons. The van der Waals surface area contributed by atoms with Gasteiger partial charge in [0.15, 0.2) is 5.54 Å². The third-order valence-electron chi connectivity index (χ3n) is 9.26. The predicted octanol–water partition coefficient (Wildman–Crippen LogP) is 6.33. The number of nitrogens with one attached hydrogen (secondary N) is 1.